The molecular formula is C15H16OS. The summed E-state index contributed by atoms with van der Waals surface area (Å²) in [4.78, 5) is 2.42. The van der Waals surface area contributed by atoms with Crippen LogP contribution in [0.15, 0.2) is 30.3 Å². The lowest BCUT2D eigenvalue weighted by Crippen LogP contribution is -2.23. The largest absolute Gasteiger partial charge is 0.387 e. The van der Waals surface area contributed by atoms with Gasteiger partial charge < -0.3 is 5.11 Å². The minimum absolute atomic E-state index is 0.294. The summed E-state index contributed by atoms with van der Waals surface area (Å²) in [6, 6.07) is 10.6. The van der Waals surface area contributed by atoms with Gasteiger partial charge in [0.1, 0.15) is 0 Å². The van der Waals surface area contributed by atoms with Gasteiger partial charge in [-0.15, -0.1) is 11.3 Å². The zero-order valence-corrected chi connectivity index (χ0v) is 10.9. The molecule has 1 aromatic carbocycles. The molecule has 1 heterocycles. The van der Waals surface area contributed by atoms with E-state index < -0.39 is 0 Å². The van der Waals surface area contributed by atoms with Crippen LogP contribution in [0.3, 0.4) is 0 Å². The highest BCUT2D eigenvalue weighted by atomic mass is 32.1. The van der Waals surface area contributed by atoms with Crippen LogP contribution in [0.25, 0.3) is 0 Å². The van der Waals surface area contributed by atoms with E-state index in [0.717, 1.165) is 11.3 Å². The van der Waals surface area contributed by atoms with Crippen LogP contribution in [0.1, 0.15) is 38.5 Å². The van der Waals surface area contributed by atoms with E-state index in [4.69, 9.17) is 0 Å². The second-order valence-electron chi connectivity index (χ2n) is 4.86. The number of aliphatic hydroxyl groups excluding tert-OH is 1. The Balaban J connectivity index is 1.91. The highest BCUT2D eigenvalue weighted by Crippen LogP contribution is 2.45. The third-order valence-electron chi connectivity index (χ3n) is 3.62. The Morgan fingerprint density at radius 3 is 2.71 bits per heavy atom. The number of hydrogen-bond donors (Lipinski definition) is 1. The molecule has 0 aliphatic heterocycles. The van der Waals surface area contributed by atoms with Gasteiger partial charge in [-0.1, -0.05) is 24.3 Å². The second-order valence-corrected chi connectivity index (χ2v) is 6.15. The first-order valence-corrected chi connectivity index (χ1v) is 6.81. The minimum Gasteiger partial charge on any atom is -0.387 e. The standard InChI is InChI=1S/C15H16OS/c1-9-7-10(2)17-15(9)14(16)13-8-11-5-3-4-6-12(11)13/h3-7,13-14,16H,8H2,1-2H3. The van der Waals surface area contributed by atoms with Crippen LogP contribution in [0.5, 0.6) is 0 Å². The van der Waals surface area contributed by atoms with Crippen LogP contribution in [0.4, 0.5) is 0 Å². The third-order valence-corrected chi connectivity index (χ3v) is 4.85. The lowest BCUT2D eigenvalue weighted by atomic mass is 9.74. The Morgan fingerprint density at radius 1 is 1.29 bits per heavy atom. The topological polar surface area (TPSA) is 20.2 Å². The van der Waals surface area contributed by atoms with Crippen molar-refractivity contribution in [2.24, 2.45) is 0 Å². The quantitative estimate of drug-likeness (QED) is 0.853. The molecule has 17 heavy (non-hydrogen) atoms. The van der Waals surface area contributed by atoms with Crippen molar-refractivity contribution < 1.29 is 5.11 Å². The van der Waals surface area contributed by atoms with Crippen LogP contribution in [0, 0.1) is 13.8 Å². The normalized spacial score (nSPS) is 19.6. The molecule has 2 unspecified atom stereocenters. The number of aryl methyl sites for hydroxylation is 2. The van der Waals surface area contributed by atoms with Crippen molar-refractivity contribution >= 4 is 11.3 Å². The Kier molecular flexibility index (Phi) is 2.57. The first kappa shape index (κ1) is 11.0. The third kappa shape index (κ3) is 1.72. The highest BCUT2D eigenvalue weighted by molar-refractivity contribution is 7.12. The highest BCUT2D eigenvalue weighted by Gasteiger charge is 2.33. The average Bonchev–Trinajstić information content (AvgIpc) is 2.59. The van der Waals surface area contributed by atoms with Gasteiger partial charge in [0.15, 0.2) is 0 Å². The van der Waals surface area contributed by atoms with Crippen molar-refractivity contribution in [2.45, 2.75) is 32.3 Å². The first-order chi connectivity index (χ1) is 8.16. The number of fused-ring (bicyclic) bond motifs is 1. The monoisotopic (exact) mass is 244 g/mol. The fraction of sp³-hybridized carbons (Fsp3) is 0.333. The summed E-state index contributed by atoms with van der Waals surface area (Å²) in [6.45, 7) is 4.19. The maximum Gasteiger partial charge on any atom is 0.0956 e. The van der Waals surface area contributed by atoms with Gasteiger partial charge in [-0.25, -0.2) is 0 Å². The maximum atomic E-state index is 10.5. The molecule has 2 heteroatoms. The van der Waals surface area contributed by atoms with Crippen molar-refractivity contribution in [1.29, 1.82) is 0 Å². The molecule has 1 N–H and O–H groups in total. The Hall–Kier alpha value is -1.12. The van der Waals surface area contributed by atoms with E-state index >= 15 is 0 Å². The molecule has 0 spiro atoms. The molecule has 0 radical (unpaired) electrons. The van der Waals surface area contributed by atoms with E-state index in [2.05, 4.69) is 44.2 Å². The predicted octanol–water partition coefficient (Wildman–Crippen LogP) is 3.74. The Morgan fingerprint density at radius 2 is 2.06 bits per heavy atom. The van der Waals surface area contributed by atoms with E-state index in [0.29, 0.717) is 5.92 Å². The van der Waals surface area contributed by atoms with Gasteiger partial charge in [-0.05, 0) is 43.0 Å². The Labute approximate surface area is 106 Å². The molecule has 1 aliphatic rings. The molecule has 3 rings (SSSR count). The van der Waals surface area contributed by atoms with E-state index in [-0.39, 0.29) is 6.10 Å². The van der Waals surface area contributed by atoms with Gasteiger partial charge in [0.2, 0.25) is 0 Å². The molecule has 0 amide bonds. The summed E-state index contributed by atoms with van der Waals surface area (Å²) >= 11 is 1.72. The zero-order valence-electron chi connectivity index (χ0n) is 10.1. The summed E-state index contributed by atoms with van der Waals surface area (Å²) in [5.41, 5.74) is 3.94. The fourth-order valence-corrected chi connectivity index (χ4v) is 3.80. The molecule has 0 fully saturated rings. The number of aliphatic hydroxyl groups is 1. The van der Waals surface area contributed by atoms with E-state index in [1.54, 1.807) is 11.3 Å². The maximum absolute atomic E-state index is 10.5. The Bertz CT molecular complexity index is 556. The molecule has 1 aliphatic carbocycles. The van der Waals surface area contributed by atoms with E-state index in [9.17, 15) is 5.11 Å². The van der Waals surface area contributed by atoms with Crippen molar-refractivity contribution in [1.82, 2.24) is 0 Å². The summed E-state index contributed by atoms with van der Waals surface area (Å²) < 4.78 is 0. The first-order valence-electron chi connectivity index (χ1n) is 5.99. The molecule has 1 nitrogen and oxygen atoms in total. The van der Waals surface area contributed by atoms with Gasteiger partial charge >= 0.3 is 0 Å². The second kappa shape index (κ2) is 3.97. The van der Waals surface area contributed by atoms with Crippen LogP contribution in [-0.2, 0) is 6.42 Å². The molecule has 0 saturated heterocycles. The molecule has 1 aromatic heterocycles. The van der Waals surface area contributed by atoms with Crippen LogP contribution < -0.4 is 0 Å². The van der Waals surface area contributed by atoms with Crippen LogP contribution in [0.2, 0.25) is 0 Å². The summed E-state index contributed by atoms with van der Waals surface area (Å²) in [6.07, 6.45) is 0.678. The lowest BCUT2D eigenvalue weighted by molar-refractivity contribution is 0.137. The van der Waals surface area contributed by atoms with Gasteiger partial charge in [-0.3, -0.25) is 0 Å². The fourth-order valence-electron chi connectivity index (χ4n) is 2.72. The average molecular weight is 244 g/mol. The van der Waals surface area contributed by atoms with Crippen molar-refractivity contribution in [3.63, 3.8) is 0 Å². The molecule has 0 saturated carbocycles. The SMILES string of the molecule is Cc1cc(C)c(C(O)C2Cc3ccccc32)s1. The van der Waals surface area contributed by atoms with Gasteiger partial charge in [0.25, 0.3) is 0 Å². The smallest absolute Gasteiger partial charge is 0.0956 e. The van der Waals surface area contributed by atoms with Gasteiger partial charge in [-0.2, -0.15) is 0 Å². The van der Waals surface area contributed by atoms with Gasteiger partial charge in [0.05, 0.1) is 6.10 Å². The van der Waals surface area contributed by atoms with Crippen molar-refractivity contribution in [3.8, 4) is 0 Å². The number of benzene rings is 1. The molecule has 0 bridgehead atoms. The van der Waals surface area contributed by atoms with Gasteiger partial charge in [0, 0.05) is 15.7 Å². The van der Waals surface area contributed by atoms with E-state index in [1.807, 2.05) is 0 Å². The molecular weight excluding hydrogens is 228 g/mol. The summed E-state index contributed by atoms with van der Waals surface area (Å²) in [7, 11) is 0. The van der Waals surface area contributed by atoms with Crippen molar-refractivity contribution in [3.05, 3.63) is 56.8 Å². The van der Waals surface area contributed by atoms with E-state index in [1.165, 1.54) is 21.6 Å². The number of thiophene rings is 1. The summed E-state index contributed by atoms with van der Waals surface area (Å²) in [5, 5.41) is 10.5. The molecule has 2 aromatic rings. The van der Waals surface area contributed by atoms with Crippen molar-refractivity contribution in [2.75, 3.05) is 0 Å². The lowest BCUT2D eigenvalue weighted by Gasteiger charge is -2.33. The van der Waals surface area contributed by atoms with Crippen LogP contribution in [-0.4, -0.2) is 5.11 Å². The predicted molar refractivity (Wildman–Crippen MR) is 71.6 cm³/mol. The number of hydrogen-bond acceptors (Lipinski definition) is 2. The minimum atomic E-state index is -0.330. The number of rotatable bonds is 2. The van der Waals surface area contributed by atoms with Crippen LogP contribution >= 0.6 is 11.3 Å². The zero-order chi connectivity index (χ0) is 12.0. The summed E-state index contributed by atoms with van der Waals surface area (Å²) in [5.74, 6) is 0.294. The molecule has 88 valence electrons. The molecule has 2 atom stereocenters.